The number of hydrogen-bond acceptors (Lipinski definition) is 5. The highest BCUT2D eigenvalue weighted by Crippen LogP contribution is 2.44. The van der Waals surface area contributed by atoms with Crippen molar-refractivity contribution >= 4 is 17.4 Å². The maximum absolute atomic E-state index is 12.7. The minimum atomic E-state index is -0.482. The molecule has 0 aliphatic carbocycles. The number of ether oxygens (including phenoxy) is 3. The van der Waals surface area contributed by atoms with Gasteiger partial charge in [-0.3, -0.25) is 0 Å². The van der Waals surface area contributed by atoms with Crippen molar-refractivity contribution in [3.05, 3.63) is 28.8 Å². The molecule has 0 aromatic heterocycles. The van der Waals surface area contributed by atoms with E-state index in [0.29, 0.717) is 26.3 Å². The number of nitrogens with zero attached hydrogens (tertiary/aromatic N) is 2. The Hall–Kier alpha value is -2.21. The predicted octanol–water partition coefficient (Wildman–Crippen LogP) is 3.65. The van der Waals surface area contributed by atoms with Crippen LogP contribution < -0.4 is 9.64 Å². The molecule has 0 fully saturated rings. The molecular formula is C23H32N2O4. The molecule has 3 aliphatic rings. The molecule has 4 rings (SSSR count). The quantitative estimate of drug-likeness (QED) is 0.720. The Labute approximate surface area is 173 Å². The molecule has 3 heterocycles. The SMILES string of the molecule is CN1CCOc2cc3c(c(C4=CCOCC4)c21)CCN(C(=O)OC(C)(C)C)CC3. The van der Waals surface area contributed by atoms with E-state index < -0.39 is 5.60 Å². The summed E-state index contributed by atoms with van der Waals surface area (Å²) in [4.78, 5) is 16.8. The van der Waals surface area contributed by atoms with E-state index in [0.717, 1.165) is 38.2 Å². The molecule has 1 amide bonds. The summed E-state index contributed by atoms with van der Waals surface area (Å²) in [5.74, 6) is 0.964. The average molecular weight is 401 g/mol. The molecule has 6 heteroatoms. The molecule has 0 saturated heterocycles. The Morgan fingerprint density at radius 2 is 1.90 bits per heavy atom. The van der Waals surface area contributed by atoms with Gasteiger partial charge in [0.25, 0.3) is 0 Å². The molecule has 29 heavy (non-hydrogen) atoms. The fourth-order valence-corrected chi connectivity index (χ4v) is 4.37. The number of likely N-dealkylation sites (N-methyl/N-ethyl adjacent to an activating group) is 1. The Balaban J connectivity index is 1.71. The summed E-state index contributed by atoms with van der Waals surface area (Å²) in [5, 5.41) is 0. The third-order valence-corrected chi connectivity index (χ3v) is 5.75. The Morgan fingerprint density at radius 1 is 1.10 bits per heavy atom. The van der Waals surface area contributed by atoms with E-state index in [1.54, 1.807) is 0 Å². The number of anilines is 1. The molecule has 0 spiro atoms. The van der Waals surface area contributed by atoms with E-state index >= 15 is 0 Å². The molecule has 0 saturated carbocycles. The van der Waals surface area contributed by atoms with Crippen LogP contribution in [0.1, 0.15) is 43.9 Å². The van der Waals surface area contributed by atoms with Crippen molar-refractivity contribution in [1.29, 1.82) is 0 Å². The van der Waals surface area contributed by atoms with E-state index in [2.05, 4.69) is 24.1 Å². The van der Waals surface area contributed by atoms with Crippen molar-refractivity contribution < 1.29 is 19.0 Å². The number of fused-ring (bicyclic) bond motifs is 2. The first kappa shape index (κ1) is 20.1. The summed E-state index contributed by atoms with van der Waals surface area (Å²) in [6.07, 6.45) is 4.52. The normalized spacial score (nSPS) is 19.5. The molecular weight excluding hydrogens is 368 g/mol. The first-order chi connectivity index (χ1) is 13.8. The van der Waals surface area contributed by atoms with Crippen molar-refractivity contribution in [3.8, 4) is 5.75 Å². The van der Waals surface area contributed by atoms with Gasteiger partial charge in [-0.2, -0.15) is 0 Å². The van der Waals surface area contributed by atoms with Crippen LogP contribution in [0.5, 0.6) is 5.75 Å². The van der Waals surface area contributed by atoms with Gasteiger partial charge in [0, 0.05) is 25.7 Å². The van der Waals surface area contributed by atoms with Crippen LogP contribution in [0.4, 0.5) is 10.5 Å². The number of carbonyl (C=O) groups is 1. The van der Waals surface area contributed by atoms with Crippen LogP contribution in [0.15, 0.2) is 12.1 Å². The lowest BCUT2D eigenvalue weighted by molar-refractivity contribution is 0.0258. The first-order valence-electron chi connectivity index (χ1n) is 10.6. The molecule has 0 N–H and O–H groups in total. The van der Waals surface area contributed by atoms with Crippen LogP contribution in [-0.4, -0.2) is 63.1 Å². The van der Waals surface area contributed by atoms with Crippen molar-refractivity contribution in [2.24, 2.45) is 0 Å². The van der Waals surface area contributed by atoms with E-state index in [1.807, 2.05) is 25.7 Å². The largest absolute Gasteiger partial charge is 0.490 e. The first-order valence-corrected chi connectivity index (χ1v) is 10.6. The average Bonchev–Trinajstić information content (AvgIpc) is 2.88. The van der Waals surface area contributed by atoms with Crippen LogP contribution in [0.25, 0.3) is 5.57 Å². The van der Waals surface area contributed by atoms with Crippen LogP contribution in [0.2, 0.25) is 0 Å². The predicted molar refractivity (Wildman–Crippen MR) is 114 cm³/mol. The Bertz CT molecular complexity index is 825. The number of amides is 1. The summed E-state index contributed by atoms with van der Waals surface area (Å²) >= 11 is 0. The van der Waals surface area contributed by atoms with Crippen LogP contribution in [0, 0.1) is 0 Å². The van der Waals surface area contributed by atoms with E-state index in [4.69, 9.17) is 14.2 Å². The topological polar surface area (TPSA) is 51.2 Å². The van der Waals surface area contributed by atoms with Crippen molar-refractivity contribution in [3.63, 3.8) is 0 Å². The minimum Gasteiger partial charge on any atom is -0.490 e. The molecule has 3 aliphatic heterocycles. The molecule has 1 aromatic carbocycles. The highest BCUT2D eigenvalue weighted by molar-refractivity contribution is 5.85. The highest BCUT2D eigenvalue weighted by Gasteiger charge is 2.30. The second kappa shape index (κ2) is 7.90. The Kier molecular flexibility index (Phi) is 5.47. The maximum Gasteiger partial charge on any atom is 0.410 e. The Morgan fingerprint density at radius 3 is 2.62 bits per heavy atom. The maximum atomic E-state index is 12.7. The van der Waals surface area contributed by atoms with Crippen molar-refractivity contribution in [1.82, 2.24) is 4.90 Å². The van der Waals surface area contributed by atoms with Crippen molar-refractivity contribution in [2.45, 2.75) is 45.6 Å². The summed E-state index contributed by atoms with van der Waals surface area (Å²) in [6.45, 7) is 10.1. The van der Waals surface area contributed by atoms with Gasteiger partial charge >= 0.3 is 6.09 Å². The second-order valence-corrected chi connectivity index (χ2v) is 9.03. The zero-order valence-corrected chi connectivity index (χ0v) is 18.0. The number of rotatable bonds is 1. The van der Waals surface area contributed by atoms with Crippen LogP contribution in [0.3, 0.4) is 0 Å². The van der Waals surface area contributed by atoms with Gasteiger partial charge in [-0.15, -0.1) is 0 Å². The van der Waals surface area contributed by atoms with Crippen molar-refractivity contribution in [2.75, 3.05) is 51.4 Å². The van der Waals surface area contributed by atoms with Gasteiger partial charge in [0.2, 0.25) is 0 Å². The van der Waals surface area contributed by atoms with E-state index in [1.165, 1.54) is 28.0 Å². The molecule has 0 bridgehead atoms. The third-order valence-electron chi connectivity index (χ3n) is 5.75. The molecule has 158 valence electrons. The van der Waals surface area contributed by atoms with Crippen LogP contribution >= 0.6 is 0 Å². The summed E-state index contributed by atoms with van der Waals surface area (Å²) in [6, 6.07) is 2.20. The number of carbonyl (C=O) groups excluding carboxylic acids is 1. The smallest absolute Gasteiger partial charge is 0.410 e. The highest BCUT2D eigenvalue weighted by atomic mass is 16.6. The third kappa shape index (κ3) is 4.22. The molecule has 0 unspecified atom stereocenters. The summed E-state index contributed by atoms with van der Waals surface area (Å²) in [5.41, 5.74) is 5.98. The van der Waals surface area contributed by atoms with Gasteiger partial charge in [0.15, 0.2) is 0 Å². The summed E-state index contributed by atoms with van der Waals surface area (Å²) < 4.78 is 17.3. The van der Waals surface area contributed by atoms with Gasteiger partial charge < -0.3 is 24.0 Å². The van der Waals surface area contributed by atoms with Gasteiger partial charge in [0.05, 0.1) is 25.4 Å². The fourth-order valence-electron chi connectivity index (χ4n) is 4.37. The lowest BCUT2D eigenvalue weighted by Crippen LogP contribution is -2.38. The molecule has 0 atom stereocenters. The van der Waals surface area contributed by atoms with E-state index in [-0.39, 0.29) is 6.09 Å². The molecule has 1 aromatic rings. The monoisotopic (exact) mass is 400 g/mol. The van der Waals surface area contributed by atoms with Crippen LogP contribution in [-0.2, 0) is 22.3 Å². The fraction of sp³-hybridized carbons (Fsp3) is 0.609. The zero-order valence-electron chi connectivity index (χ0n) is 18.0. The molecule has 6 nitrogen and oxygen atoms in total. The number of benzene rings is 1. The van der Waals surface area contributed by atoms with Gasteiger partial charge in [-0.25, -0.2) is 4.79 Å². The minimum absolute atomic E-state index is 0.227. The molecule has 0 radical (unpaired) electrons. The second-order valence-electron chi connectivity index (χ2n) is 9.03. The van der Waals surface area contributed by atoms with Gasteiger partial charge in [0.1, 0.15) is 18.0 Å². The zero-order chi connectivity index (χ0) is 20.6. The number of hydrogen-bond donors (Lipinski definition) is 0. The van der Waals surface area contributed by atoms with E-state index in [9.17, 15) is 4.79 Å². The lowest BCUT2D eigenvalue weighted by atomic mass is 9.87. The summed E-state index contributed by atoms with van der Waals surface area (Å²) in [7, 11) is 2.14. The van der Waals surface area contributed by atoms with Gasteiger partial charge in [-0.05, 0) is 62.8 Å². The standard InChI is InChI=1S/C23H32N2O4/c1-23(2,3)29-22(26)25-9-5-17-15-19-21(24(4)11-14-28-19)20(18(17)6-10-25)16-7-12-27-13-8-16/h7,15H,5-6,8-14H2,1-4H3. The lowest BCUT2D eigenvalue weighted by Gasteiger charge is -2.33. The van der Waals surface area contributed by atoms with Gasteiger partial charge in [-0.1, -0.05) is 6.08 Å².